The lowest BCUT2D eigenvalue weighted by Crippen LogP contribution is -2.50. The summed E-state index contributed by atoms with van der Waals surface area (Å²) in [7, 11) is 1.64. The second kappa shape index (κ2) is 5.12. The van der Waals surface area contributed by atoms with Crippen LogP contribution in [0.1, 0.15) is 25.8 Å². The quantitative estimate of drug-likeness (QED) is 0.754. The van der Waals surface area contributed by atoms with Crippen LogP contribution >= 0.6 is 0 Å². The number of rotatable bonds is 6. The van der Waals surface area contributed by atoms with Crippen LogP contribution in [-0.2, 0) is 17.8 Å². The Morgan fingerprint density at radius 1 is 1.69 bits per heavy atom. The van der Waals surface area contributed by atoms with Gasteiger partial charge in [-0.1, -0.05) is 13.3 Å². The molecule has 1 unspecified atom stereocenters. The van der Waals surface area contributed by atoms with E-state index in [0.717, 1.165) is 18.4 Å². The highest BCUT2D eigenvalue weighted by Gasteiger charge is 2.31. The summed E-state index contributed by atoms with van der Waals surface area (Å²) in [6.07, 6.45) is 5.74. The summed E-state index contributed by atoms with van der Waals surface area (Å²) in [4.78, 5) is 11.1. The van der Waals surface area contributed by atoms with Gasteiger partial charge < -0.3 is 10.4 Å². The third kappa shape index (κ3) is 2.82. The smallest absolute Gasteiger partial charge is 0.325 e. The van der Waals surface area contributed by atoms with Gasteiger partial charge in [-0.2, -0.15) is 5.10 Å². The summed E-state index contributed by atoms with van der Waals surface area (Å²) in [5.41, 5.74) is 0.168. The number of carboxylic acid groups (broad SMARTS) is 1. The fraction of sp³-hybridized carbons (Fsp3) is 0.636. The minimum atomic E-state index is -0.977. The largest absolute Gasteiger partial charge is 0.480 e. The van der Waals surface area contributed by atoms with E-state index in [4.69, 9.17) is 5.11 Å². The van der Waals surface area contributed by atoms with Crippen molar-refractivity contribution in [1.29, 1.82) is 0 Å². The van der Waals surface area contributed by atoms with Crippen molar-refractivity contribution in [2.24, 2.45) is 0 Å². The Morgan fingerprint density at radius 3 is 2.88 bits per heavy atom. The van der Waals surface area contributed by atoms with Crippen LogP contribution in [0.2, 0.25) is 0 Å². The van der Waals surface area contributed by atoms with Crippen LogP contribution in [0.4, 0.5) is 0 Å². The molecular formula is C11H19N3O2. The van der Waals surface area contributed by atoms with E-state index >= 15 is 0 Å². The van der Waals surface area contributed by atoms with Crippen molar-refractivity contribution in [3.05, 3.63) is 18.0 Å². The highest BCUT2D eigenvalue weighted by atomic mass is 16.4. The van der Waals surface area contributed by atoms with Gasteiger partial charge in [0.05, 0.1) is 12.7 Å². The molecule has 90 valence electrons. The van der Waals surface area contributed by atoms with E-state index in [1.165, 1.54) is 0 Å². The molecule has 1 aromatic heterocycles. The molecule has 0 saturated heterocycles. The molecule has 0 aromatic carbocycles. The normalized spacial score (nSPS) is 14.7. The number of likely N-dealkylation sites (N-methyl/N-ethyl adjacent to an activating group) is 1. The molecule has 0 bridgehead atoms. The van der Waals surface area contributed by atoms with Gasteiger partial charge >= 0.3 is 5.97 Å². The zero-order valence-electron chi connectivity index (χ0n) is 10.0. The monoisotopic (exact) mass is 225 g/mol. The topological polar surface area (TPSA) is 67.2 Å². The van der Waals surface area contributed by atoms with E-state index in [9.17, 15) is 4.79 Å². The van der Waals surface area contributed by atoms with Crippen molar-refractivity contribution >= 4 is 5.97 Å². The van der Waals surface area contributed by atoms with Gasteiger partial charge in [0.25, 0.3) is 0 Å². The molecule has 0 spiro atoms. The molecule has 1 atom stereocenters. The Labute approximate surface area is 95.5 Å². The van der Waals surface area contributed by atoms with Gasteiger partial charge in [-0.25, -0.2) is 0 Å². The van der Waals surface area contributed by atoms with Gasteiger partial charge in [-0.3, -0.25) is 9.48 Å². The zero-order chi connectivity index (χ0) is 12.2. The van der Waals surface area contributed by atoms with Crippen LogP contribution < -0.4 is 5.32 Å². The van der Waals surface area contributed by atoms with Crippen molar-refractivity contribution in [2.75, 3.05) is 7.05 Å². The minimum absolute atomic E-state index is 0.322. The average Bonchev–Trinajstić information content (AvgIpc) is 2.65. The van der Waals surface area contributed by atoms with Crippen LogP contribution in [0.25, 0.3) is 0 Å². The number of aromatic nitrogens is 2. The number of nitrogens with zero attached hydrogens (tertiary/aromatic N) is 2. The van der Waals surface area contributed by atoms with Crippen molar-refractivity contribution in [2.45, 2.75) is 38.8 Å². The number of nitrogens with one attached hydrogen (secondary N) is 1. The Kier molecular flexibility index (Phi) is 4.06. The van der Waals surface area contributed by atoms with E-state index in [2.05, 4.69) is 17.3 Å². The van der Waals surface area contributed by atoms with E-state index < -0.39 is 11.5 Å². The third-order valence-corrected chi connectivity index (χ3v) is 2.73. The fourth-order valence-electron chi connectivity index (χ4n) is 1.49. The molecule has 1 rings (SSSR count). The molecule has 5 heteroatoms. The van der Waals surface area contributed by atoms with Gasteiger partial charge in [0.1, 0.15) is 5.54 Å². The van der Waals surface area contributed by atoms with E-state index in [1.807, 2.05) is 6.20 Å². The molecule has 0 saturated carbocycles. The number of aryl methyl sites for hydroxylation is 1. The highest BCUT2D eigenvalue weighted by Crippen LogP contribution is 2.09. The van der Waals surface area contributed by atoms with Crippen LogP contribution in [0.3, 0.4) is 0 Å². The van der Waals surface area contributed by atoms with Crippen molar-refractivity contribution in [3.8, 4) is 0 Å². The van der Waals surface area contributed by atoms with E-state index in [1.54, 1.807) is 24.9 Å². The van der Waals surface area contributed by atoms with Crippen molar-refractivity contribution in [3.63, 3.8) is 0 Å². The van der Waals surface area contributed by atoms with Crippen LogP contribution in [0.15, 0.2) is 12.4 Å². The lowest BCUT2D eigenvalue weighted by molar-refractivity contribution is -0.144. The van der Waals surface area contributed by atoms with Gasteiger partial charge in [-0.15, -0.1) is 0 Å². The summed E-state index contributed by atoms with van der Waals surface area (Å²) in [5.74, 6) is -0.873. The number of carboxylic acids is 1. The summed E-state index contributed by atoms with van der Waals surface area (Å²) in [6, 6.07) is 0. The molecule has 1 aromatic rings. The van der Waals surface area contributed by atoms with Gasteiger partial charge in [0, 0.05) is 6.20 Å². The summed E-state index contributed by atoms with van der Waals surface area (Å²) < 4.78 is 1.68. The Bertz CT molecular complexity index is 362. The molecule has 0 amide bonds. The first-order chi connectivity index (χ1) is 7.51. The maximum absolute atomic E-state index is 11.1. The zero-order valence-corrected chi connectivity index (χ0v) is 10.0. The third-order valence-electron chi connectivity index (χ3n) is 2.73. The fourth-order valence-corrected chi connectivity index (χ4v) is 1.49. The lowest BCUT2D eigenvalue weighted by atomic mass is 10.0. The summed E-state index contributed by atoms with van der Waals surface area (Å²) in [6.45, 7) is 4.07. The molecule has 0 radical (unpaired) electrons. The molecule has 0 fully saturated rings. The molecule has 0 aliphatic carbocycles. The summed E-state index contributed by atoms with van der Waals surface area (Å²) >= 11 is 0. The molecule has 2 N–H and O–H groups in total. The van der Waals surface area contributed by atoms with Crippen molar-refractivity contribution in [1.82, 2.24) is 15.1 Å². The number of aliphatic carboxylic acids is 1. The first-order valence-electron chi connectivity index (χ1n) is 5.45. The second-order valence-electron chi connectivity index (χ2n) is 4.18. The molecule has 0 aliphatic rings. The number of carbonyl (C=O) groups is 1. The molecule has 0 aliphatic heterocycles. The Morgan fingerprint density at radius 2 is 2.38 bits per heavy atom. The SMILES string of the molecule is CCCc1cnn(CC(C)(NC)C(=O)O)c1. The van der Waals surface area contributed by atoms with Crippen LogP contribution in [-0.4, -0.2) is 33.4 Å². The first-order valence-corrected chi connectivity index (χ1v) is 5.45. The second-order valence-corrected chi connectivity index (χ2v) is 4.18. The number of hydrogen-bond donors (Lipinski definition) is 2. The molecular weight excluding hydrogens is 206 g/mol. The lowest BCUT2D eigenvalue weighted by Gasteiger charge is -2.23. The van der Waals surface area contributed by atoms with Crippen molar-refractivity contribution < 1.29 is 9.90 Å². The Hall–Kier alpha value is -1.36. The molecule has 1 heterocycles. The standard InChI is InChI=1S/C11H19N3O2/c1-4-5-9-6-13-14(7-9)8-11(2,12-3)10(15)16/h6-7,12H,4-5,8H2,1-3H3,(H,15,16). The first kappa shape index (κ1) is 12.7. The van der Waals surface area contributed by atoms with E-state index in [-0.39, 0.29) is 0 Å². The molecule has 5 nitrogen and oxygen atoms in total. The highest BCUT2D eigenvalue weighted by molar-refractivity contribution is 5.78. The average molecular weight is 225 g/mol. The molecule has 16 heavy (non-hydrogen) atoms. The summed E-state index contributed by atoms with van der Waals surface area (Å²) in [5, 5.41) is 16.1. The predicted molar refractivity (Wildman–Crippen MR) is 61.3 cm³/mol. The number of hydrogen-bond acceptors (Lipinski definition) is 3. The van der Waals surface area contributed by atoms with Crippen LogP contribution in [0.5, 0.6) is 0 Å². The van der Waals surface area contributed by atoms with Crippen LogP contribution in [0, 0.1) is 0 Å². The predicted octanol–water partition coefficient (Wildman–Crippen LogP) is 0.898. The maximum Gasteiger partial charge on any atom is 0.325 e. The van der Waals surface area contributed by atoms with Gasteiger partial charge in [-0.05, 0) is 26.0 Å². The minimum Gasteiger partial charge on any atom is -0.480 e. The van der Waals surface area contributed by atoms with E-state index in [0.29, 0.717) is 6.54 Å². The maximum atomic E-state index is 11.1. The van der Waals surface area contributed by atoms with Gasteiger partial charge in [0.2, 0.25) is 0 Å². The van der Waals surface area contributed by atoms with Gasteiger partial charge in [0.15, 0.2) is 0 Å². The Balaban J connectivity index is 2.74.